The van der Waals surface area contributed by atoms with E-state index in [4.69, 9.17) is 0 Å². The van der Waals surface area contributed by atoms with Gasteiger partial charge in [-0.3, -0.25) is 4.57 Å². The highest BCUT2D eigenvalue weighted by molar-refractivity contribution is 5.79. The molecular weight excluding hydrogens is 250 g/mol. The van der Waals surface area contributed by atoms with Gasteiger partial charge in [-0.2, -0.15) is 0 Å². The fraction of sp³-hybridized carbons (Fsp3) is 0.438. The highest BCUT2D eigenvalue weighted by atomic mass is 16.3. The van der Waals surface area contributed by atoms with Crippen LogP contribution in [0.25, 0.3) is 11.0 Å². The van der Waals surface area contributed by atoms with Gasteiger partial charge in [0.05, 0.1) is 11.0 Å². The number of rotatable bonds is 3. The Bertz CT molecular complexity index is 671. The first-order valence-electron chi connectivity index (χ1n) is 7.32. The van der Waals surface area contributed by atoms with Crippen LogP contribution in [-0.4, -0.2) is 14.7 Å². The van der Waals surface area contributed by atoms with Crippen molar-refractivity contribution < 1.29 is 5.11 Å². The largest absolute Gasteiger partial charge is 0.369 e. The number of fused-ring (bicyclic) bond motifs is 3. The van der Waals surface area contributed by atoms with Gasteiger partial charge < -0.3 is 10.4 Å². The Hall–Kier alpha value is -1.81. The molecule has 0 saturated carbocycles. The van der Waals surface area contributed by atoms with E-state index in [1.807, 2.05) is 28.8 Å². The maximum atomic E-state index is 10.7. The number of benzene rings is 1. The van der Waals surface area contributed by atoms with E-state index in [-0.39, 0.29) is 0 Å². The first kappa shape index (κ1) is 13.2. The topological polar surface area (TPSA) is 50.1 Å². The first-order valence-corrected chi connectivity index (χ1v) is 7.32. The molecule has 0 saturated heterocycles. The molecule has 2 heterocycles. The summed E-state index contributed by atoms with van der Waals surface area (Å²) >= 11 is 0. The summed E-state index contributed by atoms with van der Waals surface area (Å²) in [4.78, 5) is 4.60. The molecule has 0 amide bonds. The van der Waals surface area contributed by atoms with Crippen molar-refractivity contribution in [2.45, 2.75) is 39.8 Å². The molecule has 0 spiro atoms. The third kappa shape index (κ3) is 1.83. The van der Waals surface area contributed by atoms with Crippen molar-refractivity contribution in [3.8, 4) is 0 Å². The molecule has 1 aromatic carbocycles. The van der Waals surface area contributed by atoms with Crippen LogP contribution >= 0.6 is 0 Å². The van der Waals surface area contributed by atoms with Gasteiger partial charge in [-0.1, -0.05) is 32.9 Å². The van der Waals surface area contributed by atoms with Crippen LogP contribution < -0.4 is 5.32 Å². The minimum Gasteiger partial charge on any atom is -0.369 e. The van der Waals surface area contributed by atoms with E-state index in [2.05, 4.69) is 31.1 Å². The van der Waals surface area contributed by atoms with Crippen LogP contribution in [0, 0.1) is 5.92 Å². The van der Waals surface area contributed by atoms with Gasteiger partial charge in [0.25, 0.3) is 0 Å². The lowest BCUT2D eigenvalue weighted by Crippen LogP contribution is -2.26. The number of nitrogens with zero attached hydrogens (tertiary/aromatic N) is 2. The van der Waals surface area contributed by atoms with Gasteiger partial charge in [0.1, 0.15) is 0 Å². The second-order valence-electron chi connectivity index (χ2n) is 5.39. The number of para-hydroxylation sites is 2. The van der Waals surface area contributed by atoms with E-state index < -0.39 is 6.23 Å². The van der Waals surface area contributed by atoms with Crippen molar-refractivity contribution in [1.82, 2.24) is 9.55 Å². The van der Waals surface area contributed by atoms with Crippen molar-refractivity contribution in [3.05, 3.63) is 35.5 Å². The summed E-state index contributed by atoms with van der Waals surface area (Å²) in [5.74, 6) is 1.14. The maximum absolute atomic E-state index is 10.7. The minimum atomic E-state index is -0.618. The Kier molecular flexibility index (Phi) is 3.26. The first-order chi connectivity index (χ1) is 9.67. The van der Waals surface area contributed by atoms with Crippen LogP contribution in [0.5, 0.6) is 0 Å². The van der Waals surface area contributed by atoms with Gasteiger partial charge in [-0.15, -0.1) is 0 Å². The van der Waals surface area contributed by atoms with Gasteiger partial charge in [-0.05, 0) is 36.5 Å². The molecule has 4 heteroatoms. The highest BCUT2D eigenvalue weighted by Gasteiger charge is 2.29. The average Bonchev–Trinajstić information content (AvgIpc) is 2.84. The van der Waals surface area contributed by atoms with E-state index in [0.717, 1.165) is 41.1 Å². The lowest BCUT2D eigenvalue weighted by Gasteiger charge is -2.30. The number of nitrogens with one attached hydrogen (secondary N) is 1. The molecule has 1 aliphatic rings. The molecule has 106 valence electrons. The Morgan fingerprint density at radius 3 is 2.80 bits per heavy atom. The number of anilines is 1. The van der Waals surface area contributed by atoms with Crippen LogP contribution in [0.3, 0.4) is 0 Å². The number of aliphatic hydroxyl groups is 1. The van der Waals surface area contributed by atoms with Crippen LogP contribution in [0.1, 0.15) is 39.8 Å². The highest BCUT2D eigenvalue weighted by Crippen LogP contribution is 2.37. The molecule has 0 bridgehead atoms. The second-order valence-corrected chi connectivity index (χ2v) is 5.39. The quantitative estimate of drug-likeness (QED) is 0.895. The van der Waals surface area contributed by atoms with Gasteiger partial charge in [0, 0.05) is 5.70 Å². The molecule has 20 heavy (non-hydrogen) atoms. The van der Waals surface area contributed by atoms with Crippen LogP contribution in [-0.2, 0) is 0 Å². The van der Waals surface area contributed by atoms with Gasteiger partial charge in [-0.25, -0.2) is 4.98 Å². The summed E-state index contributed by atoms with van der Waals surface area (Å²) in [6.07, 6.45) is 1.26. The number of allylic oxidation sites excluding steroid dienone is 1. The Morgan fingerprint density at radius 2 is 2.10 bits per heavy atom. The Morgan fingerprint density at radius 1 is 1.35 bits per heavy atom. The monoisotopic (exact) mass is 271 g/mol. The predicted octanol–water partition coefficient (Wildman–Crippen LogP) is 3.66. The molecular formula is C16H21N3O. The molecule has 2 N–H and O–H groups in total. The van der Waals surface area contributed by atoms with Crippen LogP contribution in [0.2, 0.25) is 0 Å². The number of hydrogen-bond acceptors (Lipinski definition) is 3. The van der Waals surface area contributed by atoms with E-state index in [1.54, 1.807) is 0 Å². The molecule has 0 aliphatic carbocycles. The fourth-order valence-corrected chi connectivity index (χ4v) is 2.89. The molecule has 1 aliphatic heterocycles. The lowest BCUT2D eigenvalue weighted by molar-refractivity contribution is 0.139. The Balaban J connectivity index is 2.17. The zero-order chi connectivity index (χ0) is 14.3. The Labute approximate surface area is 119 Å². The summed E-state index contributed by atoms with van der Waals surface area (Å²) < 4.78 is 1.89. The summed E-state index contributed by atoms with van der Waals surface area (Å²) in [7, 11) is 0. The van der Waals surface area contributed by atoms with Gasteiger partial charge in [0.2, 0.25) is 5.95 Å². The number of imidazole rings is 1. The molecule has 2 unspecified atom stereocenters. The zero-order valence-electron chi connectivity index (χ0n) is 12.2. The van der Waals surface area contributed by atoms with Crippen molar-refractivity contribution >= 4 is 17.0 Å². The molecule has 4 nitrogen and oxygen atoms in total. The predicted molar refractivity (Wildman–Crippen MR) is 81.4 cm³/mol. The molecule has 0 fully saturated rings. The smallest absolute Gasteiger partial charge is 0.210 e. The summed E-state index contributed by atoms with van der Waals surface area (Å²) in [5.41, 5.74) is 4.08. The third-order valence-corrected chi connectivity index (χ3v) is 4.23. The third-order valence-electron chi connectivity index (χ3n) is 4.23. The van der Waals surface area contributed by atoms with Crippen molar-refractivity contribution in [3.63, 3.8) is 0 Å². The zero-order valence-corrected chi connectivity index (χ0v) is 12.2. The number of aliphatic hydroxyl groups excluding tert-OH is 1. The molecule has 1 aromatic heterocycles. The number of aromatic nitrogens is 2. The SMILES string of the molecule is CCC1=C(C(C)CC)Nc2nc3ccccc3n2C1O. The van der Waals surface area contributed by atoms with Crippen molar-refractivity contribution in [2.24, 2.45) is 5.92 Å². The fourth-order valence-electron chi connectivity index (χ4n) is 2.89. The van der Waals surface area contributed by atoms with Crippen molar-refractivity contribution in [2.75, 3.05) is 5.32 Å². The molecule has 2 aromatic rings. The number of hydrogen-bond donors (Lipinski definition) is 2. The lowest BCUT2D eigenvalue weighted by atomic mass is 9.96. The minimum absolute atomic E-state index is 0.396. The average molecular weight is 271 g/mol. The van der Waals surface area contributed by atoms with E-state index in [1.165, 1.54) is 0 Å². The summed E-state index contributed by atoms with van der Waals surface area (Å²) in [6, 6.07) is 7.92. The second kappa shape index (κ2) is 4.94. The van der Waals surface area contributed by atoms with Gasteiger partial charge in [0.15, 0.2) is 6.23 Å². The van der Waals surface area contributed by atoms with Crippen molar-refractivity contribution in [1.29, 1.82) is 0 Å². The normalized spacial score (nSPS) is 19.9. The molecule has 2 atom stereocenters. The standard InChI is InChI=1S/C16H21N3O/c1-4-10(3)14-11(5-2)15(20)19-13-9-7-6-8-12(13)17-16(19)18-14/h6-10,15,20H,4-5H2,1-3H3,(H,17,18). The van der Waals surface area contributed by atoms with E-state index >= 15 is 0 Å². The molecule has 3 rings (SSSR count). The van der Waals surface area contributed by atoms with Crippen LogP contribution in [0.4, 0.5) is 5.95 Å². The van der Waals surface area contributed by atoms with Gasteiger partial charge >= 0.3 is 0 Å². The summed E-state index contributed by atoms with van der Waals surface area (Å²) in [6.45, 7) is 6.44. The van der Waals surface area contributed by atoms with E-state index in [9.17, 15) is 5.11 Å². The van der Waals surface area contributed by atoms with Crippen LogP contribution in [0.15, 0.2) is 35.5 Å². The van der Waals surface area contributed by atoms with E-state index in [0.29, 0.717) is 5.92 Å². The molecule has 0 radical (unpaired) electrons. The summed E-state index contributed by atoms with van der Waals surface area (Å²) in [5, 5.41) is 14.2. The maximum Gasteiger partial charge on any atom is 0.210 e.